The maximum absolute atomic E-state index is 12.8. The number of carbonyl (C=O) groups is 3. The largest absolute Gasteiger partial charge is 0.472 e. The van der Waals surface area contributed by atoms with Gasteiger partial charge in [-0.1, -0.05) is 165 Å². The van der Waals surface area contributed by atoms with Crippen LogP contribution in [-0.4, -0.2) is 66.5 Å². The summed E-state index contributed by atoms with van der Waals surface area (Å²) in [5.41, 5.74) is 0. The highest BCUT2D eigenvalue weighted by atomic mass is 31.2. The summed E-state index contributed by atoms with van der Waals surface area (Å²) in [6.07, 6.45) is 45.0. The molecule has 0 saturated heterocycles. The molecule has 3 atom stereocenters. The first kappa shape index (κ1) is 59.2. The van der Waals surface area contributed by atoms with Gasteiger partial charge in [-0.2, -0.15) is 0 Å². The summed E-state index contributed by atoms with van der Waals surface area (Å²) in [6.45, 7) is 4.38. The molecular formula is C50H87O11P. The minimum Gasteiger partial charge on any atom is -0.462 e. The maximum atomic E-state index is 12.8. The molecule has 0 spiro atoms. The third-order valence-electron chi connectivity index (χ3n) is 9.92. The minimum absolute atomic E-state index is 0.113. The van der Waals surface area contributed by atoms with Crippen molar-refractivity contribution < 1.29 is 52.2 Å². The van der Waals surface area contributed by atoms with E-state index in [1.807, 2.05) is 0 Å². The van der Waals surface area contributed by atoms with Gasteiger partial charge < -0.3 is 24.2 Å². The molecule has 2 N–H and O–H groups in total. The molecule has 0 bridgehead atoms. The number of phosphoric ester groups is 1. The Labute approximate surface area is 376 Å². The molecule has 62 heavy (non-hydrogen) atoms. The van der Waals surface area contributed by atoms with Crippen LogP contribution in [0.5, 0.6) is 0 Å². The van der Waals surface area contributed by atoms with Gasteiger partial charge in [-0.3, -0.25) is 23.4 Å². The lowest BCUT2D eigenvalue weighted by molar-refractivity contribution is -0.161. The number of hydrogen-bond acceptors (Lipinski definition) is 10. The van der Waals surface area contributed by atoms with Gasteiger partial charge in [0.05, 0.1) is 19.8 Å². The molecule has 358 valence electrons. The van der Waals surface area contributed by atoms with Crippen LogP contribution in [0.15, 0.2) is 60.8 Å². The van der Waals surface area contributed by atoms with Crippen molar-refractivity contribution in [1.29, 1.82) is 0 Å². The van der Waals surface area contributed by atoms with Crippen molar-refractivity contribution >= 4 is 25.7 Å². The van der Waals surface area contributed by atoms with Gasteiger partial charge in [0.2, 0.25) is 0 Å². The van der Waals surface area contributed by atoms with Crippen molar-refractivity contribution in [2.45, 2.75) is 213 Å². The Kier molecular flexibility index (Phi) is 42.7. The number of esters is 3. The number of phosphoric acid groups is 1. The fourth-order valence-corrected chi connectivity index (χ4v) is 6.99. The standard InChI is InChI=1S/C50H87O11P/c1-4-7-10-13-16-19-21-22-23-24-26-29-32-35-38-41-50(54)61-47(43-57-48(52)39-36-33-30-28-25-20-17-14-11-8-5-2)45-59-62(55,56)58-44-46(42-51)60-49(53)40-37-34-31-27-18-15-12-9-6-3/h7,10,14,16-17,19,22-23,26,29,46-47,51H,4-6,8-9,11-13,15,18,20-21,24-25,27-28,30-45H2,1-3H3,(H,55,56)/b10-7-,17-14-,19-16-,23-22-,29-26-. The Hall–Kier alpha value is -2.82. The van der Waals surface area contributed by atoms with E-state index in [2.05, 4.69) is 81.5 Å². The third kappa shape index (κ3) is 42.5. The second-order valence-corrected chi connectivity index (χ2v) is 17.3. The second kappa shape index (κ2) is 44.8. The zero-order valence-corrected chi connectivity index (χ0v) is 40.0. The summed E-state index contributed by atoms with van der Waals surface area (Å²) in [7, 11) is -4.74. The first-order chi connectivity index (χ1) is 30.2. The number of aliphatic hydroxyl groups is 1. The zero-order valence-electron chi connectivity index (χ0n) is 39.1. The number of hydrogen-bond donors (Lipinski definition) is 2. The van der Waals surface area contributed by atoms with Crippen molar-refractivity contribution in [1.82, 2.24) is 0 Å². The highest BCUT2D eigenvalue weighted by Crippen LogP contribution is 2.43. The van der Waals surface area contributed by atoms with Crippen LogP contribution >= 0.6 is 7.82 Å². The van der Waals surface area contributed by atoms with Crippen LogP contribution in [0.4, 0.5) is 0 Å². The topological polar surface area (TPSA) is 155 Å². The molecule has 0 aromatic heterocycles. The second-order valence-electron chi connectivity index (χ2n) is 15.9. The fourth-order valence-electron chi connectivity index (χ4n) is 6.21. The number of allylic oxidation sites excluding steroid dienone is 10. The SMILES string of the molecule is CC/C=C\C/C=C\C/C=C\C/C=C\CCCCC(=O)OC(COC(=O)CCCCCCC/C=C\CCCC)COP(=O)(O)OCC(CO)OC(=O)CCCCCCCCCCC. The highest BCUT2D eigenvalue weighted by molar-refractivity contribution is 7.47. The Morgan fingerprint density at radius 2 is 0.855 bits per heavy atom. The monoisotopic (exact) mass is 895 g/mol. The molecule has 0 aliphatic carbocycles. The van der Waals surface area contributed by atoms with Crippen molar-refractivity contribution in [3.8, 4) is 0 Å². The Morgan fingerprint density at radius 3 is 1.39 bits per heavy atom. The Bertz CT molecular complexity index is 1280. The molecule has 0 aromatic carbocycles. The van der Waals surface area contributed by atoms with Crippen LogP contribution in [0.2, 0.25) is 0 Å². The van der Waals surface area contributed by atoms with Crippen LogP contribution < -0.4 is 0 Å². The van der Waals surface area contributed by atoms with Crippen LogP contribution in [0, 0.1) is 0 Å². The number of carbonyl (C=O) groups excluding carboxylic acids is 3. The molecule has 0 fully saturated rings. The predicted molar refractivity (Wildman–Crippen MR) is 252 cm³/mol. The predicted octanol–water partition coefficient (Wildman–Crippen LogP) is 13.2. The van der Waals surface area contributed by atoms with Crippen molar-refractivity contribution in [3.05, 3.63) is 60.8 Å². The molecule has 0 radical (unpaired) electrons. The van der Waals surface area contributed by atoms with Gasteiger partial charge in [0.25, 0.3) is 0 Å². The van der Waals surface area contributed by atoms with E-state index in [4.69, 9.17) is 23.3 Å². The maximum Gasteiger partial charge on any atom is 0.472 e. The van der Waals surface area contributed by atoms with Crippen molar-refractivity contribution in [2.75, 3.05) is 26.4 Å². The van der Waals surface area contributed by atoms with Gasteiger partial charge in [-0.15, -0.1) is 0 Å². The lowest BCUT2D eigenvalue weighted by Crippen LogP contribution is -2.30. The molecule has 11 nitrogen and oxygen atoms in total. The van der Waals surface area contributed by atoms with E-state index in [1.165, 1.54) is 44.9 Å². The summed E-state index contributed by atoms with van der Waals surface area (Å²) in [5, 5.41) is 9.72. The summed E-state index contributed by atoms with van der Waals surface area (Å²) in [6, 6.07) is 0. The summed E-state index contributed by atoms with van der Waals surface area (Å²) >= 11 is 0. The minimum atomic E-state index is -4.74. The van der Waals surface area contributed by atoms with Crippen molar-refractivity contribution in [3.63, 3.8) is 0 Å². The Balaban J connectivity index is 4.84. The van der Waals surface area contributed by atoms with Gasteiger partial charge in [0, 0.05) is 19.3 Å². The molecule has 0 amide bonds. The molecule has 3 unspecified atom stereocenters. The molecule has 0 heterocycles. The number of unbranched alkanes of at least 4 members (excludes halogenated alkanes) is 17. The lowest BCUT2D eigenvalue weighted by atomic mass is 10.1. The molecule has 0 aliphatic rings. The van der Waals surface area contributed by atoms with E-state index in [0.717, 1.165) is 96.3 Å². The van der Waals surface area contributed by atoms with Crippen molar-refractivity contribution in [2.24, 2.45) is 0 Å². The number of rotatable bonds is 44. The molecule has 0 aliphatic heterocycles. The average Bonchev–Trinajstić information content (AvgIpc) is 3.25. The first-order valence-electron chi connectivity index (χ1n) is 24.2. The van der Waals surface area contributed by atoms with Crippen LogP contribution in [0.3, 0.4) is 0 Å². The molecule has 0 aromatic rings. The first-order valence-corrected chi connectivity index (χ1v) is 25.7. The van der Waals surface area contributed by atoms with E-state index in [0.29, 0.717) is 19.3 Å². The fraction of sp³-hybridized carbons (Fsp3) is 0.740. The summed E-state index contributed by atoms with van der Waals surface area (Å²) in [4.78, 5) is 48.1. The molecule has 0 saturated carbocycles. The van der Waals surface area contributed by atoms with E-state index >= 15 is 0 Å². The zero-order chi connectivity index (χ0) is 45.6. The number of aliphatic hydroxyl groups excluding tert-OH is 1. The van der Waals surface area contributed by atoms with E-state index < -0.39 is 57.8 Å². The average molecular weight is 895 g/mol. The third-order valence-corrected chi connectivity index (χ3v) is 10.9. The van der Waals surface area contributed by atoms with E-state index in [-0.39, 0.29) is 25.9 Å². The number of ether oxygens (including phenoxy) is 3. The van der Waals surface area contributed by atoms with Crippen LogP contribution in [0.1, 0.15) is 201 Å². The van der Waals surface area contributed by atoms with Gasteiger partial charge in [-0.05, 0) is 77.0 Å². The smallest absolute Gasteiger partial charge is 0.462 e. The van der Waals surface area contributed by atoms with Crippen LogP contribution in [-0.2, 0) is 42.2 Å². The van der Waals surface area contributed by atoms with Gasteiger partial charge in [-0.25, -0.2) is 4.57 Å². The molecule has 0 rings (SSSR count). The summed E-state index contributed by atoms with van der Waals surface area (Å²) in [5.74, 6) is -1.53. The van der Waals surface area contributed by atoms with E-state index in [1.54, 1.807) is 0 Å². The van der Waals surface area contributed by atoms with E-state index in [9.17, 15) is 28.9 Å². The highest BCUT2D eigenvalue weighted by Gasteiger charge is 2.28. The van der Waals surface area contributed by atoms with Crippen LogP contribution in [0.25, 0.3) is 0 Å². The van der Waals surface area contributed by atoms with Gasteiger partial charge in [0.1, 0.15) is 12.7 Å². The lowest BCUT2D eigenvalue weighted by Gasteiger charge is -2.21. The summed E-state index contributed by atoms with van der Waals surface area (Å²) < 4.78 is 39.1. The quantitative estimate of drug-likeness (QED) is 0.0197. The normalized spacial score (nSPS) is 14.1. The van der Waals surface area contributed by atoms with Gasteiger partial charge >= 0.3 is 25.7 Å². The Morgan fingerprint density at radius 1 is 0.468 bits per heavy atom. The van der Waals surface area contributed by atoms with Gasteiger partial charge in [0.15, 0.2) is 6.10 Å². The molecule has 12 heteroatoms. The molecular weight excluding hydrogens is 808 g/mol.